The molecular weight excluding hydrogens is 362 g/mol. The number of ether oxygens (including phenoxy) is 1. The first-order valence-corrected chi connectivity index (χ1v) is 10.3. The topological polar surface area (TPSA) is 73.2 Å². The van der Waals surface area contributed by atoms with E-state index in [9.17, 15) is 9.59 Å². The fraction of sp³-hybridized carbons (Fsp3) is 0.450. The Hall–Kier alpha value is -2.28. The molecule has 0 aliphatic carbocycles. The van der Waals surface area contributed by atoms with Gasteiger partial charge in [-0.05, 0) is 30.5 Å². The van der Waals surface area contributed by atoms with Gasteiger partial charge in [0.05, 0.1) is 12.2 Å². The van der Waals surface area contributed by atoms with Crippen LogP contribution in [0, 0.1) is 0 Å². The Morgan fingerprint density at radius 1 is 1.22 bits per heavy atom. The molecule has 144 valence electrons. The van der Waals surface area contributed by atoms with Crippen LogP contribution in [0.15, 0.2) is 34.2 Å². The van der Waals surface area contributed by atoms with Gasteiger partial charge in [0.25, 0.3) is 5.56 Å². The van der Waals surface area contributed by atoms with Gasteiger partial charge < -0.3 is 14.6 Å². The Labute approximate surface area is 163 Å². The maximum Gasteiger partial charge on any atom is 0.279 e. The van der Waals surface area contributed by atoms with Gasteiger partial charge in [0.15, 0.2) is 5.16 Å². The maximum atomic E-state index is 12.8. The first kappa shape index (κ1) is 19.5. The Morgan fingerprint density at radius 2 is 1.96 bits per heavy atom. The van der Waals surface area contributed by atoms with Crippen LogP contribution in [-0.4, -0.2) is 27.8 Å². The molecule has 27 heavy (non-hydrogen) atoms. The number of carbonyl (C=O) groups excluding carboxylic acids is 1. The van der Waals surface area contributed by atoms with Crippen molar-refractivity contribution in [1.82, 2.24) is 9.55 Å². The summed E-state index contributed by atoms with van der Waals surface area (Å²) in [5.74, 6) is 1.83. The second kappa shape index (κ2) is 8.61. The molecule has 0 saturated carbocycles. The van der Waals surface area contributed by atoms with E-state index in [2.05, 4.69) is 24.1 Å². The van der Waals surface area contributed by atoms with Crippen LogP contribution in [0.3, 0.4) is 0 Å². The van der Waals surface area contributed by atoms with Crippen molar-refractivity contribution < 1.29 is 9.53 Å². The summed E-state index contributed by atoms with van der Waals surface area (Å²) in [5, 5.41) is 3.50. The number of carbonyl (C=O) groups is 1. The van der Waals surface area contributed by atoms with Crippen molar-refractivity contribution in [3.63, 3.8) is 0 Å². The summed E-state index contributed by atoms with van der Waals surface area (Å²) >= 11 is 1.53. The zero-order chi connectivity index (χ0) is 19.4. The monoisotopic (exact) mass is 387 g/mol. The lowest BCUT2D eigenvalue weighted by Crippen LogP contribution is -2.33. The minimum atomic E-state index is -0.301. The summed E-state index contributed by atoms with van der Waals surface area (Å²) in [6.07, 6.45) is 2.16. The van der Waals surface area contributed by atoms with Gasteiger partial charge in [0, 0.05) is 25.1 Å². The summed E-state index contributed by atoms with van der Waals surface area (Å²) < 4.78 is 7.44. The van der Waals surface area contributed by atoms with E-state index < -0.39 is 0 Å². The number of nitrogens with one attached hydrogen (secondary N) is 1. The van der Waals surface area contributed by atoms with Gasteiger partial charge in [-0.1, -0.05) is 37.7 Å². The molecule has 0 bridgehead atoms. The number of fused-ring (bicyclic) bond motifs is 1. The molecule has 0 fully saturated rings. The average molecular weight is 388 g/mol. The zero-order valence-electron chi connectivity index (χ0n) is 15.9. The smallest absolute Gasteiger partial charge is 0.279 e. The fourth-order valence-electron chi connectivity index (χ4n) is 3.16. The molecule has 3 rings (SSSR count). The molecule has 2 aromatic rings. The third kappa shape index (κ3) is 4.18. The van der Waals surface area contributed by atoms with E-state index in [1.165, 1.54) is 11.8 Å². The molecule has 1 amide bonds. The van der Waals surface area contributed by atoms with Gasteiger partial charge in [0.1, 0.15) is 11.6 Å². The Morgan fingerprint density at radius 3 is 2.63 bits per heavy atom. The molecular formula is C20H25N3O3S. The predicted octanol–water partition coefficient (Wildman–Crippen LogP) is 3.55. The number of rotatable bonds is 7. The van der Waals surface area contributed by atoms with Crippen molar-refractivity contribution in [3.05, 3.63) is 45.7 Å². The van der Waals surface area contributed by atoms with E-state index in [-0.39, 0.29) is 23.8 Å². The summed E-state index contributed by atoms with van der Waals surface area (Å²) in [7, 11) is 1.84. The second-order valence-corrected chi connectivity index (χ2v) is 7.65. The molecule has 6 nitrogen and oxygen atoms in total. The van der Waals surface area contributed by atoms with Crippen LogP contribution in [0.4, 0.5) is 5.82 Å². The molecule has 2 heterocycles. The number of nitrogens with zero attached hydrogens (tertiary/aromatic N) is 2. The molecule has 0 radical (unpaired) electrons. The molecule has 0 saturated heterocycles. The summed E-state index contributed by atoms with van der Waals surface area (Å²) in [4.78, 5) is 29.4. The van der Waals surface area contributed by atoms with Crippen LogP contribution in [-0.2, 0) is 11.8 Å². The molecule has 1 aromatic heterocycles. The summed E-state index contributed by atoms with van der Waals surface area (Å²) in [6.45, 7) is 4.80. The number of amides is 1. The molecule has 0 spiro atoms. The first-order chi connectivity index (χ1) is 13.0. The normalized spacial score (nSPS) is 16.0. The Bertz CT molecular complexity index is 877. The van der Waals surface area contributed by atoms with Gasteiger partial charge in [0.2, 0.25) is 5.91 Å². The molecule has 1 aliphatic rings. The lowest BCUT2D eigenvalue weighted by molar-refractivity contribution is -0.116. The van der Waals surface area contributed by atoms with E-state index in [1.54, 1.807) is 0 Å². The van der Waals surface area contributed by atoms with Crippen LogP contribution >= 0.6 is 11.8 Å². The maximum absolute atomic E-state index is 12.8. The van der Waals surface area contributed by atoms with E-state index in [1.807, 2.05) is 35.9 Å². The van der Waals surface area contributed by atoms with E-state index in [4.69, 9.17) is 4.74 Å². The molecule has 1 aliphatic heterocycles. The molecule has 1 atom stereocenters. The van der Waals surface area contributed by atoms with Crippen LogP contribution in [0.1, 0.15) is 50.2 Å². The van der Waals surface area contributed by atoms with Crippen molar-refractivity contribution >= 4 is 23.5 Å². The highest BCUT2D eigenvalue weighted by atomic mass is 32.2. The zero-order valence-corrected chi connectivity index (χ0v) is 16.8. The van der Waals surface area contributed by atoms with Gasteiger partial charge >= 0.3 is 0 Å². The third-order valence-corrected chi connectivity index (χ3v) is 5.73. The van der Waals surface area contributed by atoms with Gasteiger partial charge in [-0.3, -0.25) is 9.59 Å². The first-order valence-electron chi connectivity index (χ1n) is 9.31. The largest absolute Gasteiger partial charge is 0.494 e. The van der Waals surface area contributed by atoms with Crippen molar-refractivity contribution in [2.75, 3.05) is 17.7 Å². The summed E-state index contributed by atoms with van der Waals surface area (Å²) in [5.41, 5.74) is 1.21. The van der Waals surface area contributed by atoms with Crippen molar-refractivity contribution in [3.8, 4) is 5.75 Å². The van der Waals surface area contributed by atoms with E-state index >= 15 is 0 Å². The van der Waals surface area contributed by atoms with Gasteiger partial charge in [-0.2, -0.15) is 4.98 Å². The molecule has 1 N–H and O–H groups in total. The quantitative estimate of drug-likeness (QED) is 0.581. The van der Waals surface area contributed by atoms with Gasteiger partial charge in [-0.15, -0.1) is 0 Å². The molecule has 1 aromatic carbocycles. The van der Waals surface area contributed by atoms with E-state index in [0.717, 1.165) is 29.9 Å². The molecule has 1 unspecified atom stereocenters. The lowest BCUT2D eigenvalue weighted by Gasteiger charge is -2.27. The van der Waals surface area contributed by atoms with Crippen LogP contribution in [0.2, 0.25) is 0 Å². The van der Waals surface area contributed by atoms with Crippen molar-refractivity contribution in [2.24, 2.45) is 7.05 Å². The Kier molecular flexibility index (Phi) is 6.21. The molecule has 7 heteroatoms. The number of benzene rings is 1. The highest BCUT2D eigenvalue weighted by Gasteiger charge is 2.32. The highest BCUT2D eigenvalue weighted by Crippen LogP contribution is 2.36. The Balaban J connectivity index is 1.99. The number of aromatic nitrogens is 2. The van der Waals surface area contributed by atoms with Crippen molar-refractivity contribution in [2.45, 2.75) is 44.2 Å². The second-order valence-electron chi connectivity index (χ2n) is 6.59. The number of anilines is 1. The highest BCUT2D eigenvalue weighted by molar-refractivity contribution is 7.99. The number of thioether (sulfide) groups is 1. The van der Waals surface area contributed by atoms with Crippen LogP contribution in [0.5, 0.6) is 5.75 Å². The average Bonchev–Trinajstić information content (AvgIpc) is 2.67. The minimum Gasteiger partial charge on any atom is -0.494 e. The van der Waals surface area contributed by atoms with E-state index in [0.29, 0.717) is 23.1 Å². The number of hydrogen-bond acceptors (Lipinski definition) is 5. The fourth-order valence-corrected chi connectivity index (χ4v) is 3.98. The lowest BCUT2D eigenvalue weighted by atomic mass is 9.87. The SMILES string of the molecule is CCCOc1ccc(C2CC(=O)Nc3c2c(=O)nc(SCCC)n3C)cc1. The third-order valence-electron chi connectivity index (χ3n) is 4.49. The minimum absolute atomic E-state index is 0.0912. The van der Waals surface area contributed by atoms with Gasteiger partial charge in [-0.25, -0.2) is 0 Å². The standard InChI is InChI=1S/C20H25N3O3S/c1-4-10-26-14-8-6-13(7-9-14)15-12-16(24)21-18-17(15)19(25)22-20(23(18)3)27-11-5-2/h6-9,15H,4-5,10-12H2,1-3H3,(H,21,24). The van der Waals surface area contributed by atoms with Crippen LogP contribution in [0.25, 0.3) is 0 Å². The van der Waals surface area contributed by atoms with Crippen molar-refractivity contribution in [1.29, 1.82) is 0 Å². The predicted molar refractivity (Wildman–Crippen MR) is 108 cm³/mol. The number of hydrogen-bond donors (Lipinski definition) is 1. The van der Waals surface area contributed by atoms with Crippen LogP contribution < -0.4 is 15.6 Å². The summed E-state index contributed by atoms with van der Waals surface area (Å²) in [6, 6.07) is 7.63.